The number of rotatable bonds is 4. The van der Waals surface area contributed by atoms with Gasteiger partial charge in [0.05, 0.1) is 0 Å². The van der Waals surface area contributed by atoms with Gasteiger partial charge in [0.15, 0.2) is 0 Å². The topological polar surface area (TPSA) is 49.5 Å². The lowest BCUT2D eigenvalue weighted by molar-refractivity contribution is 0.0635. The van der Waals surface area contributed by atoms with Crippen molar-refractivity contribution in [1.29, 1.82) is 0 Å². The molecular weight excluding hydrogens is 176 g/mol. The monoisotopic (exact) mass is 200 g/mol. The van der Waals surface area contributed by atoms with Gasteiger partial charge in [0.1, 0.15) is 0 Å². The van der Waals surface area contributed by atoms with E-state index >= 15 is 0 Å². The molecule has 1 aliphatic rings. The van der Waals surface area contributed by atoms with Crippen LogP contribution in [0.1, 0.15) is 33.1 Å². The van der Waals surface area contributed by atoms with E-state index in [1.54, 1.807) is 0 Å². The maximum Gasteiger partial charge on any atom is 0.0434 e. The first-order valence-electron chi connectivity index (χ1n) is 5.66. The minimum atomic E-state index is 0.119. The molecular formula is C11H24N2O. The molecule has 1 saturated heterocycles. The van der Waals surface area contributed by atoms with E-state index in [0.29, 0.717) is 19.1 Å². The fourth-order valence-electron chi connectivity index (χ4n) is 2.16. The Morgan fingerprint density at radius 2 is 2.21 bits per heavy atom. The number of likely N-dealkylation sites (tertiary alicyclic amines) is 1. The van der Waals surface area contributed by atoms with Crippen molar-refractivity contribution in [2.24, 2.45) is 11.7 Å². The molecule has 0 bridgehead atoms. The highest BCUT2D eigenvalue weighted by atomic mass is 16.3. The molecule has 1 heterocycles. The molecule has 0 radical (unpaired) electrons. The van der Waals surface area contributed by atoms with E-state index in [0.717, 1.165) is 19.5 Å². The lowest BCUT2D eigenvalue weighted by Crippen LogP contribution is -2.53. The molecule has 0 aromatic heterocycles. The molecule has 84 valence electrons. The number of hydrogen-bond acceptors (Lipinski definition) is 3. The number of hydrogen-bond donors (Lipinski definition) is 2. The third-order valence-corrected chi connectivity index (χ3v) is 3.41. The summed E-state index contributed by atoms with van der Waals surface area (Å²) in [6, 6.07) is 0. The maximum atomic E-state index is 8.92. The molecule has 3 nitrogen and oxygen atoms in total. The first-order chi connectivity index (χ1) is 6.60. The van der Waals surface area contributed by atoms with Crippen LogP contribution in [-0.2, 0) is 0 Å². The quantitative estimate of drug-likeness (QED) is 0.706. The van der Waals surface area contributed by atoms with Crippen LogP contribution in [0.3, 0.4) is 0 Å². The molecule has 1 unspecified atom stereocenters. The summed E-state index contributed by atoms with van der Waals surface area (Å²) < 4.78 is 0. The second-order valence-corrected chi connectivity index (χ2v) is 4.98. The summed E-state index contributed by atoms with van der Waals surface area (Å²) in [4.78, 5) is 2.47. The molecule has 0 saturated carbocycles. The van der Waals surface area contributed by atoms with E-state index < -0.39 is 0 Å². The zero-order valence-corrected chi connectivity index (χ0v) is 9.50. The van der Waals surface area contributed by atoms with E-state index in [1.165, 1.54) is 12.8 Å². The van der Waals surface area contributed by atoms with Crippen molar-refractivity contribution in [2.45, 2.75) is 38.6 Å². The van der Waals surface area contributed by atoms with Gasteiger partial charge < -0.3 is 10.8 Å². The Morgan fingerprint density at radius 3 is 2.79 bits per heavy atom. The largest absolute Gasteiger partial charge is 0.396 e. The third-order valence-electron chi connectivity index (χ3n) is 3.41. The molecule has 0 aliphatic carbocycles. The highest BCUT2D eigenvalue weighted by molar-refractivity contribution is 4.86. The maximum absolute atomic E-state index is 8.92. The van der Waals surface area contributed by atoms with E-state index in [2.05, 4.69) is 18.7 Å². The average Bonchev–Trinajstić information content (AvgIpc) is 2.19. The number of piperidine rings is 1. The zero-order chi connectivity index (χ0) is 10.6. The van der Waals surface area contributed by atoms with Crippen molar-refractivity contribution in [3.63, 3.8) is 0 Å². The van der Waals surface area contributed by atoms with Crippen molar-refractivity contribution in [2.75, 3.05) is 26.2 Å². The Balaban J connectivity index is 2.47. The van der Waals surface area contributed by atoms with Gasteiger partial charge in [-0.15, -0.1) is 0 Å². The van der Waals surface area contributed by atoms with E-state index in [1.807, 2.05) is 0 Å². The summed E-state index contributed by atoms with van der Waals surface area (Å²) >= 11 is 0. The van der Waals surface area contributed by atoms with Gasteiger partial charge in [-0.25, -0.2) is 0 Å². The van der Waals surface area contributed by atoms with Gasteiger partial charge in [0.2, 0.25) is 0 Å². The highest BCUT2D eigenvalue weighted by Crippen LogP contribution is 2.24. The van der Waals surface area contributed by atoms with Gasteiger partial charge >= 0.3 is 0 Å². The molecule has 14 heavy (non-hydrogen) atoms. The van der Waals surface area contributed by atoms with Gasteiger partial charge in [-0.05, 0) is 45.6 Å². The van der Waals surface area contributed by atoms with Crippen molar-refractivity contribution in [1.82, 2.24) is 4.90 Å². The molecule has 3 heteroatoms. The van der Waals surface area contributed by atoms with Gasteiger partial charge in [-0.1, -0.05) is 0 Å². The molecule has 3 N–H and O–H groups in total. The SMILES string of the molecule is CC(C)(CN)N1CCCC(CCO)C1. The number of nitrogens with two attached hydrogens (primary N) is 1. The average molecular weight is 200 g/mol. The second kappa shape index (κ2) is 5.10. The molecule has 0 aromatic rings. The lowest BCUT2D eigenvalue weighted by Gasteiger charge is -2.43. The van der Waals surface area contributed by atoms with Gasteiger partial charge in [-0.3, -0.25) is 4.90 Å². The summed E-state index contributed by atoms with van der Waals surface area (Å²) in [7, 11) is 0. The first kappa shape index (κ1) is 12.0. The number of aliphatic hydroxyl groups is 1. The lowest BCUT2D eigenvalue weighted by atomic mass is 9.91. The molecule has 1 aliphatic heterocycles. The number of nitrogens with zero attached hydrogens (tertiary/aromatic N) is 1. The summed E-state index contributed by atoms with van der Waals surface area (Å²) in [5, 5.41) is 8.92. The molecule has 1 atom stereocenters. The predicted octanol–water partition coefficient (Wildman–Crippen LogP) is 0.818. The van der Waals surface area contributed by atoms with Crippen LogP contribution in [0.25, 0.3) is 0 Å². The third kappa shape index (κ3) is 2.94. The summed E-state index contributed by atoms with van der Waals surface area (Å²) in [6.07, 6.45) is 3.45. The van der Waals surface area contributed by atoms with Crippen molar-refractivity contribution in [3.05, 3.63) is 0 Å². The first-order valence-corrected chi connectivity index (χ1v) is 5.66. The van der Waals surface area contributed by atoms with E-state index in [9.17, 15) is 0 Å². The van der Waals surface area contributed by atoms with Crippen LogP contribution in [0.5, 0.6) is 0 Å². The van der Waals surface area contributed by atoms with Crippen LogP contribution < -0.4 is 5.73 Å². The van der Waals surface area contributed by atoms with E-state index in [-0.39, 0.29) is 5.54 Å². The predicted molar refractivity (Wildman–Crippen MR) is 59.1 cm³/mol. The Morgan fingerprint density at radius 1 is 1.50 bits per heavy atom. The van der Waals surface area contributed by atoms with Crippen molar-refractivity contribution in [3.8, 4) is 0 Å². The fourth-order valence-corrected chi connectivity index (χ4v) is 2.16. The Kier molecular flexibility index (Phi) is 4.35. The minimum Gasteiger partial charge on any atom is -0.396 e. The van der Waals surface area contributed by atoms with Crippen LogP contribution in [0, 0.1) is 5.92 Å². The standard InChI is InChI=1S/C11H24N2O/c1-11(2,9-12)13-6-3-4-10(8-13)5-7-14/h10,14H,3-9,12H2,1-2H3. The molecule has 0 amide bonds. The molecule has 0 aromatic carbocycles. The van der Waals surface area contributed by atoms with Crippen LogP contribution in [0.2, 0.25) is 0 Å². The normalized spacial score (nSPS) is 25.3. The van der Waals surface area contributed by atoms with Gasteiger partial charge in [0, 0.05) is 25.2 Å². The second-order valence-electron chi connectivity index (χ2n) is 4.98. The Bertz CT molecular complexity index is 169. The summed E-state index contributed by atoms with van der Waals surface area (Å²) in [5.41, 5.74) is 5.88. The smallest absolute Gasteiger partial charge is 0.0434 e. The summed E-state index contributed by atoms with van der Waals surface area (Å²) in [5.74, 6) is 0.666. The van der Waals surface area contributed by atoms with Crippen molar-refractivity contribution >= 4 is 0 Å². The van der Waals surface area contributed by atoms with Crippen molar-refractivity contribution < 1.29 is 5.11 Å². The van der Waals surface area contributed by atoms with Gasteiger partial charge in [0.25, 0.3) is 0 Å². The zero-order valence-electron chi connectivity index (χ0n) is 9.50. The minimum absolute atomic E-state index is 0.119. The highest BCUT2D eigenvalue weighted by Gasteiger charge is 2.29. The van der Waals surface area contributed by atoms with Crippen LogP contribution in [0.15, 0.2) is 0 Å². The Labute approximate surface area is 87.3 Å². The fraction of sp³-hybridized carbons (Fsp3) is 1.00. The van der Waals surface area contributed by atoms with Crippen LogP contribution >= 0.6 is 0 Å². The van der Waals surface area contributed by atoms with Crippen LogP contribution in [0.4, 0.5) is 0 Å². The molecule has 0 spiro atoms. The molecule has 1 rings (SSSR count). The molecule has 1 fully saturated rings. The number of aliphatic hydroxyl groups excluding tert-OH is 1. The van der Waals surface area contributed by atoms with E-state index in [4.69, 9.17) is 10.8 Å². The summed E-state index contributed by atoms with van der Waals surface area (Å²) in [6.45, 7) is 7.69. The van der Waals surface area contributed by atoms with Crippen LogP contribution in [-0.4, -0.2) is 41.8 Å². The Hall–Kier alpha value is -0.120. The van der Waals surface area contributed by atoms with Gasteiger partial charge in [-0.2, -0.15) is 0 Å².